The van der Waals surface area contributed by atoms with E-state index in [0.29, 0.717) is 10.6 Å². The lowest BCUT2D eigenvalue weighted by Crippen LogP contribution is -2.15. The molecule has 0 fully saturated rings. The van der Waals surface area contributed by atoms with Crippen LogP contribution in [0.3, 0.4) is 0 Å². The largest absolute Gasteiger partial charge is 0.381 e. The second kappa shape index (κ2) is 5.82. The van der Waals surface area contributed by atoms with Crippen molar-refractivity contribution in [1.29, 1.82) is 0 Å². The Morgan fingerprint density at radius 3 is 2.77 bits per heavy atom. The SMILES string of the molecule is Nc1nccnc1NC(=O)c1cnoc1-c1ccccc1Cl. The first-order valence-corrected chi connectivity index (χ1v) is 6.62. The van der Waals surface area contributed by atoms with E-state index in [2.05, 4.69) is 20.4 Å². The molecule has 0 saturated heterocycles. The Balaban J connectivity index is 1.94. The Morgan fingerprint density at radius 2 is 2.00 bits per heavy atom. The summed E-state index contributed by atoms with van der Waals surface area (Å²) in [5.41, 5.74) is 6.44. The zero-order valence-corrected chi connectivity index (χ0v) is 11.9. The summed E-state index contributed by atoms with van der Waals surface area (Å²) >= 11 is 6.12. The van der Waals surface area contributed by atoms with Crippen molar-refractivity contribution in [1.82, 2.24) is 15.1 Å². The van der Waals surface area contributed by atoms with Crippen LogP contribution >= 0.6 is 11.6 Å². The van der Waals surface area contributed by atoms with Gasteiger partial charge in [0.25, 0.3) is 5.91 Å². The topological polar surface area (TPSA) is 107 Å². The summed E-state index contributed by atoms with van der Waals surface area (Å²) in [6.45, 7) is 0. The normalized spacial score (nSPS) is 10.4. The molecule has 2 heterocycles. The number of nitrogens with one attached hydrogen (secondary N) is 1. The van der Waals surface area contributed by atoms with Crippen LogP contribution in [0.4, 0.5) is 11.6 Å². The number of hydrogen-bond acceptors (Lipinski definition) is 6. The van der Waals surface area contributed by atoms with Crippen molar-refractivity contribution in [2.45, 2.75) is 0 Å². The molecule has 0 bridgehead atoms. The van der Waals surface area contributed by atoms with E-state index in [0.717, 1.165) is 0 Å². The van der Waals surface area contributed by atoms with Gasteiger partial charge < -0.3 is 15.6 Å². The van der Waals surface area contributed by atoms with Gasteiger partial charge in [-0.3, -0.25) is 4.79 Å². The molecule has 110 valence electrons. The van der Waals surface area contributed by atoms with Gasteiger partial charge in [0.2, 0.25) is 0 Å². The Kier molecular flexibility index (Phi) is 3.71. The van der Waals surface area contributed by atoms with Gasteiger partial charge in [0.15, 0.2) is 17.4 Å². The van der Waals surface area contributed by atoms with Crippen molar-refractivity contribution in [3.05, 3.63) is 53.4 Å². The number of aromatic nitrogens is 3. The van der Waals surface area contributed by atoms with Crippen molar-refractivity contribution in [2.24, 2.45) is 0 Å². The van der Waals surface area contributed by atoms with E-state index in [1.807, 2.05) is 0 Å². The molecule has 0 aliphatic heterocycles. The number of carbonyl (C=O) groups excluding carboxylic acids is 1. The molecule has 7 nitrogen and oxygen atoms in total. The summed E-state index contributed by atoms with van der Waals surface area (Å²) in [6.07, 6.45) is 4.16. The van der Waals surface area contributed by atoms with Crippen LogP contribution in [0.5, 0.6) is 0 Å². The van der Waals surface area contributed by atoms with Crippen LogP contribution in [0.1, 0.15) is 10.4 Å². The molecule has 0 atom stereocenters. The summed E-state index contributed by atoms with van der Waals surface area (Å²) in [4.78, 5) is 20.2. The lowest BCUT2D eigenvalue weighted by Gasteiger charge is -2.06. The summed E-state index contributed by atoms with van der Waals surface area (Å²) in [5, 5.41) is 6.68. The summed E-state index contributed by atoms with van der Waals surface area (Å²) < 4.78 is 5.16. The first-order chi connectivity index (χ1) is 10.7. The highest BCUT2D eigenvalue weighted by Gasteiger charge is 2.20. The van der Waals surface area contributed by atoms with Crippen molar-refractivity contribution in [3.63, 3.8) is 0 Å². The highest BCUT2D eigenvalue weighted by atomic mass is 35.5. The van der Waals surface area contributed by atoms with Crippen molar-refractivity contribution >= 4 is 29.1 Å². The summed E-state index contributed by atoms with van der Waals surface area (Å²) in [5.74, 6) is 0.0827. The van der Waals surface area contributed by atoms with Gasteiger partial charge in [-0.1, -0.05) is 28.9 Å². The lowest BCUT2D eigenvalue weighted by molar-refractivity contribution is 0.102. The smallest absolute Gasteiger partial charge is 0.262 e. The van der Waals surface area contributed by atoms with Crippen molar-refractivity contribution in [3.8, 4) is 11.3 Å². The highest BCUT2D eigenvalue weighted by molar-refractivity contribution is 6.33. The molecule has 1 aromatic carbocycles. The maximum absolute atomic E-state index is 12.4. The number of rotatable bonds is 3. The highest BCUT2D eigenvalue weighted by Crippen LogP contribution is 2.30. The van der Waals surface area contributed by atoms with Crippen LogP contribution in [0.25, 0.3) is 11.3 Å². The van der Waals surface area contributed by atoms with E-state index in [1.54, 1.807) is 24.3 Å². The van der Waals surface area contributed by atoms with Crippen LogP contribution in [0, 0.1) is 0 Å². The molecule has 0 saturated carbocycles. The summed E-state index contributed by atoms with van der Waals surface area (Å²) in [6, 6.07) is 6.99. The molecule has 0 unspecified atom stereocenters. The number of anilines is 2. The van der Waals surface area contributed by atoms with Gasteiger partial charge in [0.05, 0.1) is 11.2 Å². The number of nitrogens with two attached hydrogens (primary N) is 1. The number of benzene rings is 1. The van der Waals surface area contributed by atoms with Gasteiger partial charge in [-0.15, -0.1) is 0 Å². The fourth-order valence-electron chi connectivity index (χ4n) is 1.86. The molecule has 22 heavy (non-hydrogen) atoms. The number of nitrogens with zero attached hydrogens (tertiary/aromatic N) is 3. The zero-order chi connectivity index (χ0) is 15.5. The minimum atomic E-state index is -0.469. The maximum atomic E-state index is 12.4. The van der Waals surface area contributed by atoms with Gasteiger partial charge in [-0.25, -0.2) is 9.97 Å². The molecular formula is C14H10ClN5O2. The minimum Gasteiger partial charge on any atom is -0.381 e. The maximum Gasteiger partial charge on any atom is 0.262 e. The molecule has 0 aliphatic carbocycles. The molecule has 0 spiro atoms. The van der Waals surface area contributed by atoms with Crippen LogP contribution in [-0.2, 0) is 0 Å². The Labute approximate surface area is 130 Å². The van der Waals surface area contributed by atoms with Crippen molar-refractivity contribution < 1.29 is 9.32 Å². The zero-order valence-electron chi connectivity index (χ0n) is 11.2. The Hall–Kier alpha value is -2.93. The first-order valence-electron chi connectivity index (χ1n) is 6.24. The number of nitrogen functional groups attached to an aromatic ring is 1. The fourth-order valence-corrected chi connectivity index (χ4v) is 2.08. The van der Waals surface area contributed by atoms with Gasteiger partial charge in [-0.2, -0.15) is 0 Å². The van der Waals surface area contributed by atoms with Gasteiger partial charge >= 0.3 is 0 Å². The van der Waals surface area contributed by atoms with Gasteiger partial charge in [0, 0.05) is 18.0 Å². The third-order valence-corrected chi connectivity index (χ3v) is 3.22. The minimum absolute atomic E-state index is 0.117. The van der Waals surface area contributed by atoms with Crippen LogP contribution < -0.4 is 11.1 Å². The molecular weight excluding hydrogens is 306 g/mol. The van der Waals surface area contributed by atoms with Crippen LogP contribution in [-0.4, -0.2) is 21.0 Å². The third-order valence-electron chi connectivity index (χ3n) is 2.89. The van der Waals surface area contributed by atoms with Crippen LogP contribution in [0.15, 0.2) is 47.4 Å². The van der Waals surface area contributed by atoms with E-state index in [-0.39, 0.29) is 23.0 Å². The first kappa shape index (κ1) is 14.0. The second-order valence-corrected chi connectivity index (χ2v) is 4.70. The predicted octanol–water partition coefficient (Wildman–Crippen LogP) is 2.62. The number of halogens is 1. The lowest BCUT2D eigenvalue weighted by atomic mass is 10.1. The van der Waals surface area contributed by atoms with E-state index in [4.69, 9.17) is 21.9 Å². The Morgan fingerprint density at radius 1 is 1.23 bits per heavy atom. The monoisotopic (exact) mass is 315 g/mol. The van der Waals surface area contributed by atoms with Gasteiger partial charge in [0.1, 0.15) is 5.56 Å². The number of hydrogen-bond donors (Lipinski definition) is 2. The van der Waals surface area contributed by atoms with Crippen LogP contribution in [0.2, 0.25) is 5.02 Å². The molecule has 8 heteroatoms. The molecule has 3 rings (SSSR count). The Bertz CT molecular complexity index is 833. The molecule has 0 radical (unpaired) electrons. The second-order valence-electron chi connectivity index (χ2n) is 4.29. The van der Waals surface area contributed by atoms with Crippen molar-refractivity contribution in [2.75, 3.05) is 11.1 Å². The predicted molar refractivity (Wildman–Crippen MR) is 81.3 cm³/mol. The average molecular weight is 316 g/mol. The van der Waals surface area contributed by atoms with Gasteiger partial charge in [-0.05, 0) is 12.1 Å². The average Bonchev–Trinajstić information content (AvgIpc) is 2.99. The molecule has 2 aromatic heterocycles. The van der Waals surface area contributed by atoms with E-state index < -0.39 is 5.91 Å². The molecule has 3 aromatic rings. The van der Waals surface area contributed by atoms with E-state index >= 15 is 0 Å². The molecule has 0 aliphatic rings. The third kappa shape index (κ3) is 2.61. The number of amides is 1. The standard InChI is InChI=1S/C14H10ClN5O2/c15-10-4-2-1-3-8(10)11-9(7-19-22-11)14(21)20-13-12(16)17-5-6-18-13/h1-7H,(H2,16,17)(H,18,20,21). The van der Waals surface area contributed by atoms with E-state index in [1.165, 1.54) is 18.6 Å². The molecule has 1 amide bonds. The van der Waals surface area contributed by atoms with E-state index in [9.17, 15) is 4.79 Å². The number of carbonyl (C=O) groups is 1. The molecule has 3 N–H and O–H groups in total. The summed E-state index contributed by atoms with van der Waals surface area (Å²) in [7, 11) is 0. The fraction of sp³-hybridized carbons (Fsp3) is 0. The quantitative estimate of drug-likeness (QED) is 0.769.